The van der Waals surface area contributed by atoms with Crippen LogP contribution in [0.1, 0.15) is 11.1 Å². The molecule has 0 aliphatic carbocycles. The predicted molar refractivity (Wildman–Crippen MR) is 194 cm³/mol. The summed E-state index contributed by atoms with van der Waals surface area (Å²) < 4.78 is 6.19. The Morgan fingerprint density at radius 2 is 1.00 bits per heavy atom. The van der Waals surface area contributed by atoms with E-state index in [0.717, 1.165) is 50.1 Å². The highest BCUT2D eigenvalue weighted by Gasteiger charge is 2.18. The molecule has 0 aliphatic rings. The third kappa shape index (κ3) is 4.95. The van der Waals surface area contributed by atoms with Crippen LogP contribution in [0.25, 0.3) is 55.3 Å². The maximum atomic E-state index is 6.19. The standard InChI is InChI=1S/C44H33NO/c1-30-12-6-7-15-37(30)38-26-23-34(28-31(38)2)39-16-8-10-18-42(39)45(35-13-4-3-5-14-35)36-24-20-32(21-25-36)33-22-27-41-40-17-9-11-19-43(40)46-44(41)29-33/h3-29H,1-2H3. The summed E-state index contributed by atoms with van der Waals surface area (Å²) in [4.78, 5) is 2.35. The molecule has 0 bridgehead atoms. The highest BCUT2D eigenvalue weighted by molar-refractivity contribution is 6.05. The highest BCUT2D eigenvalue weighted by atomic mass is 16.3. The molecule has 0 atom stereocenters. The normalized spacial score (nSPS) is 11.3. The maximum Gasteiger partial charge on any atom is 0.136 e. The number of anilines is 3. The third-order valence-corrected chi connectivity index (χ3v) is 8.97. The fraction of sp³-hybridized carbons (Fsp3) is 0.0455. The average molecular weight is 592 g/mol. The van der Waals surface area contributed by atoms with E-state index in [1.54, 1.807) is 0 Å². The highest BCUT2D eigenvalue weighted by Crippen LogP contribution is 2.42. The van der Waals surface area contributed by atoms with Crippen LogP contribution in [0.15, 0.2) is 168 Å². The van der Waals surface area contributed by atoms with Gasteiger partial charge in [0, 0.05) is 27.7 Å². The zero-order valence-electron chi connectivity index (χ0n) is 25.9. The van der Waals surface area contributed by atoms with Crippen molar-refractivity contribution in [2.24, 2.45) is 0 Å². The lowest BCUT2D eigenvalue weighted by atomic mass is 9.92. The first-order valence-electron chi connectivity index (χ1n) is 15.8. The molecule has 0 radical (unpaired) electrons. The first kappa shape index (κ1) is 27.7. The van der Waals surface area contributed by atoms with Crippen molar-refractivity contribution in [3.05, 3.63) is 175 Å². The Balaban J connectivity index is 1.19. The van der Waals surface area contributed by atoms with Gasteiger partial charge in [0.2, 0.25) is 0 Å². The minimum absolute atomic E-state index is 0.909. The molecule has 46 heavy (non-hydrogen) atoms. The van der Waals surface area contributed by atoms with E-state index in [1.807, 2.05) is 12.1 Å². The van der Waals surface area contributed by atoms with Gasteiger partial charge in [0.05, 0.1) is 5.69 Å². The molecule has 1 aromatic heterocycles. The maximum absolute atomic E-state index is 6.19. The molecule has 2 heteroatoms. The van der Waals surface area contributed by atoms with Crippen molar-refractivity contribution in [2.45, 2.75) is 13.8 Å². The van der Waals surface area contributed by atoms with Crippen molar-refractivity contribution in [1.82, 2.24) is 0 Å². The monoisotopic (exact) mass is 591 g/mol. The molecule has 0 aliphatic heterocycles. The van der Waals surface area contributed by atoms with Gasteiger partial charge in [0.1, 0.15) is 11.2 Å². The largest absolute Gasteiger partial charge is 0.456 e. The van der Waals surface area contributed by atoms with Crippen LogP contribution in [-0.4, -0.2) is 0 Å². The quantitative estimate of drug-likeness (QED) is 0.191. The predicted octanol–water partition coefficient (Wildman–Crippen LogP) is 12.7. The molecule has 220 valence electrons. The number of aryl methyl sites for hydroxylation is 2. The van der Waals surface area contributed by atoms with Crippen LogP contribution in [0, 0.1) is 13.8 Å². The summed E-state index contributed by atoms with van der Waals surface area (Å²) in [6.07, 6.45) is 0. The summed E-state index contributed by atoms with van der Waals surface area (Å²) in [6.45, 7) is 4.39. The molecule has 0 fully saturated rings. The van der Waals surface area contributed by atoms with Crippen molar-refractivity contribution in [3.63, 3.8) is 0 Å². The van der Waals surface area contributed by atoms with Crippen molar-refractivity contribution in [2.75, 3.05) is 4.90 Å². The van der Waals surface area contributed by atoms with Crippen LogP contribution < -0.4 is 4.90 Å². The van der Waals surface area contributed by atoms with Gasteiger partial charge in [0.25, 0.3) is 0 Å². The summed E-state index contributed by atoms with van der Waals surface area (Å²) in [5.74, 6) is 0. The molecule has 0 unspecified atom stereocenters. The lowest BCUT2D eigenvalue weighted by Gasteiger charge is -2.28. The number of rotatable bonds is 6. The van der Waals surface area contributed by atoms with E-state index < -0.39 is 0 Å². The molecule has 8 rings (SSSR count). The first-order valence-corrected chi connectivity index (χ1v) is 15.8. The van der Waals surface area contributed by atoms with Gasteiger partial charge >= 0.3 is 0 Å². The smallest absolute Gasteiger partial charge is 0.136 e. The Morgan fingerprint density at radius 3 is 1.80 bits per heavy atom. The van der Waals surface area contributed by atoms with Gasteiger partial charge in [-0.3, -0.25) is 0 Å². The fourth-order valence-electron chi connectivity index (χ4n) is 6.63. The molecule has 0 spiro atoms. The number of para-hydroxylation sites is 3. The van der Waals surface area contributed by atoms with Gasteiger partial charge < -0.3 is 9.32 Å². The second-order valence-electron chi connectivity index (χ2n) is 11.9. The van der Waals surface area contributed by atoms with Gasteiger partial charge in [0.15, 0.2) is 0 Å². The van der Waals surface area contributed by atoms with Gasteiger partial charge in [-0.2, -0.15) is 0 Å². The lowest BCUT2D eigenvalue weighted by Crippen LogP contribution is -2.11. The molecule has 0 saturated carbocycles. The van der Waals surface area contributed by atoms with E-state index >= 15 is 0 Å². The molecule has 2 nitrogen and oxygen atoms in total. The van der Waals surface area contributed by atoms with E-state index in [1.165, 1.54) is 33.4 Å². The number of fused-ring (bicyclic) bond motifs is 3. The molecule has 0 N–H and O–H groups in total. The Labute approximate surface area is 269 Å². The molecule has 0 saturated heterocycles. The van der Waals surface area contributed by atoms with Gasteiger partial charge in [-0.15, -0.1) is 0 Å². The van der Waals surface area contributed by atoms with Crippen LogP contribution in [0.3, 0.4) is 0 Å². The Kier molecular flexibility index (Phi) is 6.96. The van der Waals surface area contributed by atoms with Gasteiger partial charge in [-0.05, 0) is 101 Å². The number of nitrogens with zero attached hydrogens (tertiary/aromatic N) is 1. The molecular formula is C44H33NO. The number of benzene rings is 7. The molecule has 7 aromatic carbocycles. The fourth-order valence-corrected chi connectivity index (χ4v) is 6.63. The summed E-state index contributed by atoms with van der Waals surface area (Å²) in [6, 6.07) is 58.3. The zero-order chi connectivity index (χ0) is 31.0. The summed E-state index contributed by atoms with van der Waals surface area (Å²) in [5.41, 5.74) is 14.9. The van der Waals surface area contributed by atoms with Crippen LogP contribution in [0.4, 0.5) is 17.1 Å². The topological polar surface area (TPSA) is 16.4 Å². The minimum atomic E-state index is 0.909. The van der Waals surface area contributed by atoms with E-state index in [0.29, 0.717) is 0 Å². The van der Waals surface area contributed by atoms with Crippen molar-refractivity contribution in [1.29, 1.82) is 0 Å². The van der Waals surface area contributed by atoms with Crippen molar-refractivity contribution >= 4 is 39.0 Å². The number of hydrogen-bond donors (Lipinski definition) is 0. The van der Waals surface area contributed by atoms with Crippen molar-refractivity contribution in [3.8, 4) is 33.4 Å². The number of hydrogen-bond acceptors (Lipinski definition) is 2. The lowest BCUT2D eigenvalue weighted by molar-refractivity contribution is 0.669. The SMILES string of the molecule is Cc1ccccc1-c1ccc(-c2ccccc2N(c2ccccc2)c2ccc(-c3ccc4c(c3)oc3ccccc34)cc2)cc1C. The van der Waals surface area contributed by atoms with Crippen LogP contribution in [0.2, 0.25) is 0 Å². The summed E-state index contributed by atoms with van der Waals surface area (Å²) >= 11 is 0. The average Bonchev–Trinajstić information content (AvgIpc) is 3.48. The third-order valence-electron chi connectivity index (χ3n) is 8.97. The number of furan rings is 1. The van der Waals surface area contributed by atoms with E-state index in [9.17, 15) is 0 Å². The molecular weight excluding hydrogens is 558 g/mol. The van der Waals surface area contributed by atoms with Crippen molar-refractivity contribution < 1.29 is 4.42 Å². The van der Waals surface area contributed by atoms with Gasteiger partial charge in [-0.25, -0.2) is 0 Å². The molecule has 0 amide bonds. The first-order chi connectivity index (χ1) is 22.6. The molecule has 8 aromatic rings. The minimum Gasteiger partial charge on any atom is -0.456 e. The molecule has 1 heterocycles. The van der Waals surface area contributed by atoms with E-state index in [4.69, 9.17) is 4.42 Å². The van der Waals surface area contributed by atoms with Crippen LogP contribution in [-0.2, 0) is 0 Å². The second kappa shape index (κ2) is 11.6. The van der Waals surface area contributed by atoms with Crippen LogP contribution >= 0.6 is 0 Å². The second-order valence-corrected chi connectivity index (χ2v) is 11.9. The zero-order valence-corrected chi connectivity index (χ0v) is 25.9. The van der Waals surface area contributed by atoms with Gasteiger partial charge in [-0.1, -0.05) is 115 Å². The van der Waals surface area contributed by atoms with Crippen LogP contribution in [0.5, 0.6) is 0 Å². The summed E-state index contributed by atoms with van der Waals surface area (Å²) in [7, 11) is 0. The van der Waals surface area contributed by atoms with E-state index in [-0.39, 0.29) is 0 Å². The van der Waals surface area contributed by atoms with E-state index in [2.05, 4.69) is 170 Å². The Hall–Kier alpha value is -5.86. The summed E-state index contributed by atoms with van der Waals surface area (Å²) in [5, 5.41) is 2.29. The Bertz CT molecular complexity index is 2330. The Morgan fingerprint density at radius 1 is 0.391 bits per heavy atom.